The van der Waals surface area contributed by atoms with Crippen LogP contribution in [0, 0.1) is 10.1 Å². The zero-order chi connectivity index (χ0) is 19.3. The lowest BCUT2D eigenvalue weighted by Crippen LogP contribution is -2.31. The van der Waals surface area contributed by atoms with Gasteiger partial charge in [-0.3, -0.25) is 10.1 Å². The first-order valence-corrected chi connectivity index (χ1v) is 10.4. The van der Waals surface area contributed by atoms with Crippen molar-refractivity contribution in [3.63, 3.8) is 0 Å². The van der Waals surface area contributed by atoms with Crippen LogP contribution in [0.2, 0.25) is 0 Å². The Labute approximate surface area is 208 Å². The van der Waals surface area contributed by atoms with Crippen LogP contribution < -0.4 is 39.7 Å². The van der Waals surface area contributed by atoms with Gasteiger partial charge in [0.2, 0.25) is 0 Å². The number of nitrogens with zero attached hydrogens (tertiary/aromatic N) is 3. The molecule has 2 fully saturated rings. The number of nitro groups is 1. The second-order valence-corrected chi connectivity index (χ2v) is 7.76. The summed E-state index contributed by atoms with van der Waals surface area (Å²) < 4.78 is 0. The Balaban J connectivity index is -0.000000267. The van der Waals surface area contributed by atoms with Gasteiger partial charge < -0.3 is 39.7 Å². The van der Waals surface area contributed by atoms with Crippen LogP contribution in [-0.4, -0.2) is 31.1 Å². The SMILES string of the molecule is Cl.N.N.N.N.O=[N+]([O-])c1ccc(Nc2cc(N3CCCCC3)cc(N3CCCCC3)c2)cc1.[HH].[HH].[HH].[HH]. The summed E-state index contributed by atoms with van der Waals surface area (Å²) in [4.78, 5) is 15.5. The van der Waals surface area contributed by atoms with Crippen LogP contribution in [0.25, 0.3) is 0 Å². The Morgan fingerprint density at radius 1 is 0.697 bits per heavy atom. The molecule has 2 saturated heterocycles. The average molecular weight is 493 g/mol. The number of hydrogen-bond donors (Lipinski definition) is 5. The molecule has 13 N–H and O–H groups in total. The smallest absolute Gasteiger partial charge is 0.269 e. The molecule has 2 aromatic carbocycles. The van der Waals surface area contributed by atoms with E-state index < -0.39 is 0 Å². The van der Waals surface area contributed by atoms with E-state index in [1.165, 1.54) is 49.9 Å². The van der Waals surface area contributed by atoms with E-state index in [2.05, 4.69) is 33.3 Å². The number of piperidine rings is 2. The molecule has 2 heterocycles. The second kappa shape index (κ2) is 15.3. The van der Waals surface area contributed by atoms with Crippen LogP contribution >= 0.6 is 12.4 Å². The topological polar surface area (TPSA) is 202 Å². The van der Waals surface area contributed by atoms with Crippen molar-refractivity contribution in [1.82, 2.24) is 24.6 Å². The van der Waals surface area contributed by atoms with Gasteiger partial charge in [-0.25, -0.2) is 0 Å². The van der Waals surface area contributed by atoms with Gasteiger partial charge in [0.15, 0.2) is 0 Å². The molecule has 196 valence electrons. The Bertz CT molecular complexity index is 808. The number of hydrogen-bond acceptors (Lipinski definition) is 9. The molecule has 0 radical (unpaired) electrons. The van der Waals surface area contributed by atoms with Crippen LogP contribution in [0.1, 0.15) is 44.2 Å². The first-order valence-electron chi connectivity index (χ1n) is 10.4. The average Bonchev–Trinajstić information content (AvgIpc) is 2.75. The molecule has 0 amide bonds. The molecule has 4 rings (SSSR count). The van der Waals surface area contributed by atoms with Gasteiger partial charge in [-0.2, -0.15) is 0 Å². The molecule has 2 aliphatic rings. The molecule has 0 atom stereocenters. The number of halogens is 1. The van der Waals surface area contributed by atoms with Crippen molar-refractivity contribution in [2.75, 3.05) is 41.3 Å². The predicted molar refractivity (Wildman–Crippen MR) is 151 cm³/mol. The number of nitro benzene ring substituents is 1. The lowest BCUT2D eigenvalue weighted by Gasteiger charge is -2.33. The van der Waals surface area contributed by atoms with Crippen LogP contribution in [0.15, 0.2) is 42.5 Å². The minimum atomic E-state index is -0.366. The maximum atomic E-state index is 10.9. The molecule has 10 nitrogen and oxygen atoms in total. The van der Waals surface area contributed by atoms with E-state index in [4.69, 9.17) is 0 Å². The molecule has 11 heteroatoms. The van der Waals surface area contributed by atoms with E-state index >= 15 is 0 Å². The Hall–Kier alpha value is -2.63. The summed E-state index contributed by atoms with van der Waals surface area (Å²) in [5.74, 6) is 0. The van der Waals surface area contributed by atoms with Gasteiger partial charge in [0.1, 0.15) is 0 Å². The fraction of sp³-hybridized carbons (Fsp3) is 0.455. The highest BCUT2D eigenvalue weighted by atomic mass is 35.5. The van der Waals surface area contributed by atoms with E-state index in [0.29, 0.717) is 0 Å². The highest BCUT2D eigenvalue weighted by Crippen LogP contribution is 2.33. The monoisotopic (exact) mass is 492 g/mol. The number of rotatable bonds is 5. The summed E-state index contributed by atoms with van der Waals surface area (Å²) in [7, 11) is 0. The molecule has 2 aliphatic heterocycles. The van der Waals surface area contributed by atoms with Crippen LogP contribution in [0.3, 0.4) is 0 Å². The maximum Gasteiger partial charge on any atom is 0.269 e. The first-order chi connectivity index (χ1) is 13.7. The quantitative estimate of drug-likeness (QED) is 0.208. The highest BCUT2D eigenvalue weighted by molar-refractivity contribution is 5.85. The Morgan fingerprint density at radius 2 is 1.12 bits per heavy atom. The number of nitrogens with one attached hydrogen (secondary N) is 1. The van der Waals surface area contributed by atoms with Gasteiger partial charge in [0, 0.05) is 66.8 Å². The number of benzene rings is 2. The minimum Gasteiger partial charge on any atom is -0.371 e. The molecule has 0 unspecified atom stereocenters. The molecular formula is C22H49ClN8O2. The molecule has 0 aromatic heterocycles. The predicted octanol–water partition coefficient (Wildman–Crippen LogP) is 7.37. The molecule has 0 spiro atoms. The van der Waals surface area contributed by atoms with Crippen LogP contribution in [0.4, 0.5) is 28.4 Å². The molecule has 0 saturated carbocycles. The third-order valence-electron chi connectivity index (χ3n) is 5.71. The third-order valence-corrected chi connectivity index (χ3v) is 5.71. The largest absolute Gasteiger partial charge is 0.371 e. The fourth-order valence-corrected chi connectivity index (χ4v) is 4.17. The summed E-state index contributed by atoms with van der Waals surface area (Å²) in [6.45, 7) is 4.45. The molecule has 0 aliphatic carbocycles. The second-order valence-electron chi connectivity index (χ2n) is 7.76. The molecule has 2 aromatic rings. The lowest BCUT2D eigenvalue weighted by molar-refractivity contribution is -0.384. The van der Waals surface area contributed by atoms with Gasteiger partial charge in [0.25, 0.3) is 5.69 Å². The van der Waals surface area contributed by atoms with Crippen molar-refractivity contribution in [1.29, 1.82) is 0 Å². The van der Waals surface area contributed by atoms with E-state index in [1.54, 1.807) is 24.3 Å². The van der Waals surface area contributed by atoms with Crippen molar-refractivity contribution in [3.8, 4) is 0 Å². The molecule has 33 heavy (non-hydrogen) atoms. The summed E-state index contributed by atoms with van der Waals surface area (Å²) >= 11 is 0. The zero-order valence-corrected chi connectivity index (χ0v) is 20.3. The standard InChI is InChI=1S/C22H28N4O2.ClH.4H3N.4H2/c27-26(28)20-9-7-18(8-10-20)23-19-15-21(24-11-3-1-4-12-24)17-22(16-19)25-13-5-2-6-14-25;;;;;;;;;/h7-10,15-17,23H,1-6,11-14H2;1H;4*1H3;4*1H. The lowest BCUT2D eigenvalue weighted by atomic mass is 10.1. The van der Waals surface area contributed by atoms with Crippen molar-refractivity contribution >= 4 is 40.8 Å². The highest BCUT2D eigenvalue weighted by Gasteiger charge is 2.17. The Morgan fingerprint density at radius 3 is 1.52 bits per heavy atom. The van der Waals surface area contributed by atoms with E-state index in [1.807, 2.05) is 0 Å². The summed E-state index contributed by atoms with van der Waals surface area (Å²) in [5.41, 5.74) is 4.56. The minimum absolute atomic E-state index is 0. The van der Waals surface area contributed by atoms with Gasteiger partial charge in [0.05, 0.1) is 4.92 Å². The zero-order valence-electron chi connectivity index (χ0n) is 19.5. The summed E-state index contributed by atoms with van der Waals surface area (Å²) in [6.07, 6.45) is 7.63. The van der Waals surface area contributed by atoms with Gasteiger partial charge in [-0.05, 0) is 68.9 Å². The fourth-order valence-electron chi connectivity index (χ4n) is 4.17. The van der Waals surface area contributed by atoms with Crippen molar-refractivity contribution < 1.29 is 10.6 Å². The van der Waals surface area contributed by atoms with Crippen LogP contribution in [0.5, 0.6) is 0 Å². The molecular weight excluding hydrogens is 444 g/mol. The first kappa shape index (κ1) is 32.5. The molecule has 0 bridgehead atoms. The van der Waals surface area contributed by atoms with E-state index in [9.17, 15) is 10.1 Å². The maximum absolute atomic E-state index is 10.9. The van der Waals surface area contributed by atoms with Crippen molar-refractivity contribution in [2.45, 2.75) is 38.5 Å². The van der Waals surface area contributed by atoms with E-state index in [-0.39, 0.29) is 53.3 Å². The Kier molecular flexibility index (Phi) is 15.0. The summed E-state index contributed by atoms with van der Waals surface area (Å²) in [6, 6.07) is 13.4. The van der Waals surface area contributed by atoms with Gasteiger partial charge >= 0.3 is 0 Å². The van der Waals surface area contributed by atoms with E-state index in [0.717, 1.165) is 37.6 Å². The normalized spacial score (nSPS) is 14.8. The van der Waals surface area contributed by atoms with Gasteiger partial charge in [-0.15, -0.1) is 12.4 Å². The van der Waals surface area contributed by atoms with Crippen molar-refractivity contribution in [3.05, 3.63) is 52.6 Å². The number of non-ortho nitro benzene ring substituents is 1. The van der Waals surface area contributed by atoms with Crippen LogP contribution in [-0.2, 0) is 0 Å². The van der Waals surface area contributed by atoms with Gasteiger partial charge in [-0.1, -0.05) is 0 Å². The van der Waals surface area contributed by atoms with Crippen molar-refractivity contribution in [2.24, 2.45) is 0 Å². The number of anilines is 4. The third kappa shape index (κ3) is 8.34. The summed E-state index contributed by atoms with van der Waals surface area (Å²) in [5, 5.41) is 14.3.